The molecule has 2 aromatic rings. The molecule has 0 saturated carbocycles. The molecule has 2 aromatic carbocycles. The van der Waals surface area contributed by atoms with Gasteiger partial charge in [-0.3, -0.25) is 9.59 Å². The van der Waals surface area contributed by atoms with Crippen molar-refractivity contribution < 1.29 is 14.3 Å². The lowest BCUT2D eigenvalue weighted by atomic mass is 10.00. The minimum Gasteiger partial charge on any atom is -0.487 e. The molecule has 0 unspecified atom stereocenters. The zero-order valence-electron chi connectivity index (χ0n) is 15.7. The number of benzene rings is 2. The normalized spacial score (nSPS) is 14.0. The van der Waals surface area contributed by atoms with Crippen LogP contribution in [0.3, 0.4) is 0 Å². The second kappa shape index (κ2) is 7.66. The fourth-order valence-corrected chi connectivity index (χ4v) is 3.22. The molecule has 5 nitrogen and oxygen atoms in total. The number of hydrogen-bond donors (Lipinski definition) is 2. The summed E-state index contributed by atoms with van der Waals surface area (Å²) in [4.78, 5) is 23.8. The van der Waals surface area contributed by atoms with Gasteiger partial charge in [0.2, 0.25) is 5.91 Å². The summed E-state index contributed by atoms with van der Waals surface area (Å²) in [7, 11) is 0. The summed E-state index contributed by atoms with van der Waals surface area (Å²) in [6.07, 6.45) is 2.78. The molecule has 2 N–H and O–H groups in total. The van der Waals surface area contributed by atoms with E-state index in [9.17, 15) is 9.59 Å². The van der Waals surface area contributed by atoms with Gasteiger partial charge in [-0.2, -0.15) is 0 Å². The van der Waals surface area contributed by atoms with E-state index in [-0.39, 0.29) is 17.4 Å². The Morgan fingerprint density at radius 1 is 1.22 bits per heavy atom. The maximum absolute atomic E-state index is 12.4. The van der Waals surface area contributed by atoms with Gasteiger partial charge in [0.1, 0.15) is 11.4 Å². The van der Waals surface area contributed by atoms with E-state index in [0.717, 1.165) is 17.7 Å². The number of para-hydroxylation sites is 1. The number of nitrogens with one attached hydrogen (secondary N) is 2. The SMILES string of the molecule is C=CC(=O)Nc1cccc(C(=O)NCCc2cccc3c2OC(C)(C)C3)c1. The van der Waals surface area contributed by atoms with Crippen molar-refractivity contribution in [3.63, 3.8) is 0 Å². The van der Waals surface area contributed by atoms with Crippen LogP contribution in [0.4, 0.5) is 5.69 Å². The summed E-state index contributed by atoms with van der Waals surface area (Å²) in [5, 5.41) is 5.58. The van der Waals surface area contributed by atoms with Crippen LogP contribution >= 0.6 is 0 Å². The van der Waals surface area contributed by atoms with Crippen LogP contribution in [0, 0.1) is 0 Å². The van der Waals surface area contributed by atoms with Crippen molar-refractivity contribution in [2.24, 2.45) is 0 Å². The Bertz CT molecular complexity index is 887. The fourth-order valence-electron chi connectivity index (χ4n) is 3.22. The molecule has 1 heterocycles. The Kier molecular flexibility index (Phi) is 5.31. The summed E-state index contributed by atoms with van der Waals surface area (Å²) < 4.78 is 6.07. The number of anilines is 1. The highest BCUT2D eigenvalue weighted by Gasteiger charge is 2.31. The zero-order valence-corrected chi connectivity index (χ0v) is 15.7. The molecule has 1 aliphatic rings. The highest BCUT2D eigenvalue weighted by molar-refractivity contribution is 6.00. The first-order valence-corrected chi connectivity index (χ1v) is 8.99. The van der Waals surface area contributed by atoms with Gasteiger partial charge in [0.15, 0.2) is 0 Å². The molecule has 0 saturated heterocycles. The summed E-state index contributed by atoms with van der Waals surface area (Å²) in [6.45, 7) is 8.08. The van der Waals surface area contributed by atoms with Crippen LogP contribution in [0.1, 0.15) is 35.3 Å². The van der Waals surface area contributed by atoms with Gasteiger partial charge in [-0.1, -0.05) is 30.8 Å². The molecule has 27 heavy (non-hydrogen) atoms. The topological polar surface area (TPSA) is 67.4 Å². The molecular formula is C22H24N2O3. The summed E-state index contributed by atoms with van der Waals surface area (Å²) in [6, 6.07) is 13.0. The van der Waals surface area contributed by atoms with Gasteiger partial charge in [-0.05, 0) is 55.7 Å². The first-order valence-electron chi connectivity index (χ1n) is 8.99. The highest BCUT2D eigenvalue weighted by Crippen LogP contribution is 2.37. The number of fused-ring (bicyclic) bond motifs is 1. The van der Waals surface area contributed by atoms with Crippen molar-refractivity contribution in [3.8, 4) is 5.75 Å². The molecule has 140 valence electrons. The predicted molar refractivity (Wildman–Crippen MR) is 106 cm³/mol. The minimum atomic E-state index is -0.312. The Morgan fingerprint density at radius 3 is 2.78 bits per heavy atom. The molecule has 0 aromatic heterocycles. The van der Waals surface area contributed by atoms with Gasteiger partial charge in [-0.15, -0.1) is 0 Å². The minimum absolute atomic E-state index is 0.182. The fraction of sp³-hybridized carbons (Fsp3) is 0.273. The van der Waals surface area contributed by atoms with Crippen molar-refractivity contribution in [3.05, 3.63) is 71.8 Å². The summed E-state index contributed by atoms with van der Waals surface area (Å²) in [5.41, 5.74) is 3.19. The van der Waals surface area contributed by atoms with Crippen LogP contribution in [-0.2, 0) is 17.6 Å². The maximum Gasteiger partial charge on any atom is 0.251 e. The first-order chi connectivity index (χ1) is 12.9. The second-order valence-corrected chi connectivity index (χ2v) is 7.22. The van der Waals surface area contributed by atoms with E-state index in [4.69, 9.17) is 4.74 Å². The summed E-state index contributed by atoms with van der Waals surface area (Å²) >= 11 is 0. The molecule has 1 aliphatic heterocycles. The van der Waals surface area contributed by atoms with E-state index in [1.54, 1.807) is 24.3 Å². The van der Waals surface area contributed by atoms with E-state index in [2.05, 4.69) is 37.1 Å². The van der Waals surface area contributed by atoms with Gasteiger partial charge in [0.05, 0.1) is 0 Å². The van der Waals surface area contributed by atoms with E-state index >= 15 is 0 Å². The predicted octanol–water partition coefficient (Wildman–Crippen LogP) is 3.50. The monoisotopic (exact) mass is 364 g/mol. The maximum atomic E-state index is 12.4. The summed E-state index contributed by atoms with van der Waals surface area (Å²) in [5.74, 6) is 0.456. The quantitative estimate of drug-likeness (QED) is 0.771. The van der Waals surface area contributed by atoms with Crippen LogP contribution < -0.4 is 15.4 Å². The molecule has 0 fully saturated rings. The lowest BCUT2D eigenvalue weighted by molar-refractivity contribution is -0.111. The van der Waals surface area contributed by atoms with Gasteiger partial charge in [0.25, 0.3) is 5.91 Å². The molecular weight excluding hydrogens is 340 g/mol. The average molecular weight is 364 g/mol. The van der Waals surface area contributed by atoms with Crippen molar-refractivity contribution in [1.82, 2.24) is 5.32 Å². The first kappa shape index (κ1) is 18.7. The standard InChI is InChI=1S/C22H24N2O3/c1-4-19(25)24-18-10-6-8-16(13-18)21(26)23-12-11-15-7-5-9-17-14-22(2,3)27-20(15)17/h4-10,13H,1,11-12,14H2,2-3H3,(H,23,26)(H,24,25). The van der Waals surface area contributed by atoms with E-state index in [1.165, 1.54) is 11.6 Å². The Balaban J connectivity index is 1.60. The Labute approximate surface area is 159 Å². The molecule has 0 spiro atoms. The van der Waals surface area contributed by atoms with Crippen LogP contribution in [-0.4, -0.2) is 24.0 Å². The number of rotatable bonds is 6. The van der Waals surface area contributed by atoms with Crippen LogP contribution in [0.25, 0.3) is 0 Å². The van der Waals surface area contributed by atoms with E-state index < -0.39 is 0 Å². The van der Waals surface area contributed by atoms with Gasteiger partial charge in [-0.25, -0.2) is 0 Å². The van der Waals surface area contributed by atoms with Crippen molar-refractivity contribution in [2.45, 2.75) is 32.3 Å². The van der Waals surface area contributed by atoms with Crippen molar-refractivity contribution >= 4 is 17.5 Å². The van der Waals surface area contributed by atoms with Crippen LogP contribution in [0.2, 0.25) is 0 Å². The van der Waals surface area contributed by atoms with Gasteiger partial charge >= 0.3 is 0 Å². The lowest BCUT2D eigenvalue weighted by Gasteiger charge is -2.18. The second-order valence-electron chi connectivity index (χ2n) is 7.22. The zero-order chi connectivity index (χ0) is 19.4. The third-order valence-electron chi connectivity index (χ3n) is 4.43. The van der Waals surface area contributed by atoms with Crippen molar-refractivity contribution in [2.75, 3.05) is 11.9 Å². The number of amides is 2. The van der Waals surface area contributed by atoms with E-state index in [0.29, 0.717) is 24.2 Å². The molecule has 0 radical (unpaired) electrons. The van der Waals surface area contributed by atoms with Crippen molar-refractivity contribution in [1.29, 1.82) is 0 Å². The molecule has 3 rings (SSSR count). The third-order valence-corrected chi connectivity index (χ3v) is 4.43. The Morgan fingerprint density at radius 2 is 2.00 bits per heavy atom. The van der Waals surface area contributed by atoms with Gasteiger partial charge in [0, 0.05) is 24.2 Å². The van der Waals surface area contributed by atoms with Crippen LogP contribution in [0.5, 0.6) is 5.75 Å². The van der Waals surface area contributed by atoms with Crippen LogP contribution in [0.15, 0.2) is 55.1 Å². The number of carbonyl (C=O) groups excluding carboxylic acids is 2. The average Bonchev–Trinajstić information content (AvgIpc) is 2.96. The number of carbonyl (C=O) groups is 2. The largest absolute Gasteiger partial charge is 0.487 e. The Hall–Kier alpha value is -3.08. The number of hydrogen-bond acceptors (Lipinski definition) is 3. The highest BCUT2D eigenvalue weighted by atomic mass is 16.5. The lowest BCUT2D eigenvalue weighted by Crippen LogP contribution is -2.26. The molecule has 0 atom stereocenters. The third kappa shape index (κ3) is 4.56. The smallest absolute Gasteiger partial charge is 0.251 e. The molecule has 5 heteroatoms. The molecule has 0 bridgehead atoms. The molecule has 2 amide bonds. The number of ether oxygens (including phenoxy) is 1. The molecule has 0 aliphatic carbocycles. The van der Waals surface area contributed by atoms with E-state index in [1.807, 2.05) is 12.1 Å². The van der Waals surface area contributed by atoms with Gasteiger partial charge < -0.3 is 15.4 Å².